The van der Waals surface area contributed by atoms with Crippen LogP contribution in [0.3, 0.4) is 0 Å². The molecule has 2 nitrogen and oxygen atoms in total. The van der Waals surface area contributed by atoms with Crippen LogP contribution in [0.4, 0.5) is 0 Å². The first-order valence-corrected chi connectivity index (χ1v) is 4.28. The van der Waals surface area contributed by atoms with Gasteiger partial charge in [0.15, 0.2) is 0 Å². The van der Waals surface area contributed by atoms with E-state index in [0.717, 1.165) is 19.8 Å². The molecule has 0 amide bonds. The molecule has 0 spiro atoms. The molecule has 0 atom stereocenters. The highest BCUT2D eigenvalue weighted by Crippen LogP contribution is 1.98. The first-order valence-electron chi connectivity index (χ1n) is 4.28. The summed E-state index contributed by atoms with van der Waals surface area (Å²) >= 11 is 0. The molecule has 0 unspecified atom stereocenters. The summed E-state index contributed by atoms with van der Waals surface area (Å²) in [5, 5.41) is 0. The molecule has 0 aromatic carbocycles. The van der Waals surface area contributed by atoms with Crippen molar-refractivity contribution in [1.29, 1.82) is 0 Å². The van der Waals surface area contributed by atoms with Crippen molar-refractivity contribution in [3.8, 4) is 0 Å². The van der Waals surface area contributed by atoms with E-state index in [1.807, 2.05) is 0 Å². The Kier molecular flexibility index (Phi) is 16.1. The molecule has 0 aromatic heterocycles. The van der Waals surface area contributed by atoms with Gasteiger partial charge in [-0.05, 0) is 19.3 Å². The third-order valence-corrected chi connectivity index (χ3v) is 1.43. The van der Waals surface area contributed by atoms with Gasteiger partial charge in [0.1, 0.15) is 0 Å². The third-order valence-electron chi connectivity index (χ3n) is 1.43. The minimum Gasteiger partial charge on any atom is -1.00 e. The molecular formula is C8H20ClNO. The first kappa shape index (κ1) is 13.8. The Balaban J connectivity index is 0. The van der Waals surface area contributed by atoms with Crippen molar-refractivity contribution < 1.29 is 22.9 Å². The van der Waals surface area contributed by atoms with Gasteiger partial charge in [-0.1, -0.05) is 13.3 Å². The highest BCUT2D eigenvalue weighted by atomic mass is 35.5. The lowest BCUT2D eigenvalue weighted by atomic mass is 10.3. The zero-order chi connectivity index (χ0) is 7.66. The van der Waals surface area contributed by atoms with E-state index in [-0.39, 0.29) is 12.4 Å². The average molecular weight is 182 g/mol. The van der Waals surface area contributed by atoms with Crippen molar-refractivity contribution in [1.82, 2.24) is 0 Å². The fourth-order valence-corrected chi connectivity index (χ4v) is 0.760. The fraction of sp³-hybridized carbons (Fsp3) is 1.00. The second kappa shape index (κ2) is 12.8. The maximum Gasteiger partial charge on any atom is 0.0739 e. The molecule has 0 aromatic rings. The molecule has 70 valence electrons. The molecule has 0 aliphatic carbocycles. The molecule has 0 radical (unpaired) electrons. The van der Waals surface area contributed by atoms with Gasteiger partial charge in [-0.15, -0.1) is 0 Å². The maximum atomic E-state index is 4.94. The summed E-state index contributed by atoms with van der Waals surface area (Å²) in [7, 11) is 0. The Hall–Kier alpha value is 0.210. The van der Waals surface area contributed by atoms with Crippen LogP contribution in [0.2, 0.25) is 0 Å². The van der Waals surface area contributed by atoms with E-state index >= 15 is 0 Å². The van der Waals surface area contributed by atoms with E-state index < -0.39 is 0 Å². The van der Waals surface area contributed by atoms with E-state index in [1.165, 1.54) is 25.7 Å². The van der Waals surface area contributed by atoms with E-state index in [2.05, 4.69) is 12.7 Å². The number of ether oxygens (including phenoxy) is 1. The van der Waals surface area contributed by atoms with Crippen LogP contribution in [0.1, 0.15) is 32.6 Å². The number of unbranched alkanes of at least 4 members (excludes halogenated alkanes) is 1. The van der Waals surface area contributed by atoms with Crippen LogP contribution in [0, 0.1) is 0 Å². The molecule has 1 rings (SSSR count). The highest BCUT2D eigenvalue weighted by molar-refractivity contribution is 4.43. The fourth-order valence-electron chi connectivity index (χ4n) is 0.760. The molecule has 0 saturated carbocycles. The van der Waals surface area contributed by atoms with E-state index in [0.29, 0.717) is 0 Å². The van der Waals surface area contributed by atoms with Gasteiger partial charge in [-0.2, -0.15) is 0 Å². The van der Waals surface area contributed by atoms with Crippen LogP contribution < -0.4 is 18.1 Å². The van der Waals surface area contributed by atoms with E-state index in [4.69, 9.17) is 4.74 Å². The van der Waals surface area contributed by atoms with Crippen LogP contribution in [-0.2, 0) is 4.74 Å². The maximum absolute atomic E-state index is 4.94. The number of rotatable bonds is 2. The lowest BCUT2D eigenvalue weighted by molar-refractivity contribution is -0.368. The Morgan fingerprint density at radius 1 is 1.27 bits per heavy atom. The molecule has 3 N–H and O–H groups in total. The van der Waals surface area contributed by atoms with Gasteiger partial charge >= 0.3 is 0 Å². The number of halogens is 1. The van der Waals surface area contributed by atoms with Crippen LogP contribution in [0.25, 0.3) is 0 Å². The van der Waals surface area contributed by atoms with Gasteiger partial charge < -0.3 is 22.9 Å². The monoisotopic (exact) mass is 181 g/mol. The van der Waals surface area contributed by atoms with Crippen LogP contribution >= 0.6 is 0 Å². The number of quaternary nitrogens is 1. The quantitative estimate of drug-likeness (QED) is 0.518. The SMILES string of the molecule is C1CCOC1.CCCC[NH3+].[Cl-]. The molecule has 1 saturated heterocycles. The summed E-state index contributed by atoms with van der Waals surface area (Å²) in [6.07, 6.45) is 5.11. The molecule has 11 heavy (non-hydrogen) atoms. The van der Waals surface area contributed by atoms with Gasteiger partial charge in [0, 0.05) is 13.2 Å². The van der Waals surface area contributed by atoms with E-state index in [1.54, 1.807) is 0 Å². The number of hydrogen-bond donors (Lipinski definition) is 1. The first-order chi connectivity index (χ1) is 4.91. The van der Waals surface area contributed by atoms with E-state index in [9.17, 15) is 0 Å². The van der Waals surface area contributed by atoms with Crippen molar-refractivity contribution in [2.45, 2.75) is 32.6 Å². The predicted octanol–water partition coefficient (Wildman–Crippen LogP) is -2.17. The van der Waals surface area contributed by atoms with Gasteiger partial charge in [-0.25, -0.2) is 0 Å². The van der Waals surface area contributed by atoms with Gasteiger partial charge in [0.05, 0.1) is 6.54 Å². The largest absolute Gasteiger partial charge is 1.00 e. The van der Waals surface area contributed by atoms with Gasteiger partial charge in [0.25, 0.3) is 0 Å². The van der Waals surface area contributed by atoms with Crippen molar-refractivity contribution in [2.75, 3.05) is 19.8 Å². The van der Waals surface area contributed by atoms with Crippen molar-refractivity contribution in [2.24, 2.45) is 0 Å². The van der Waals surface area contributed by atoms with Crippen molar-refractivity contribution in [3.05, 3.63) is 0 Å². The summed E-state index contributed by atoms with van der Waals surface area (Å²) < 4.78 is 4.94. The van der Waals surface area contributed by atoms with Crippen LogP contribution in [0.5, 0.6) is 0 Å². The summed E-state index contributed by atoms with van der Waals surface area (Å²) in [6.45, 7) is 5.27. The third kappa shape index (κ3) is 13.2. The van der Waals surface area contributed by atoms with Crippen molar-refractivity contribution in [3.63, 3.8) is 0 Å². The lowest BCUT2D eigenvalue weighted by Crippen LogP contribution is -3.00. The molecule has 1 aliphatic rings. The summed E-state index contributed by atoms with van der Waals surface area (Å²) in [5.41, 5.74) is 3.68. The summed E-state index contributed by atoms with van der Waals surface area (Å²) in [6, 6.07) is 0. The molecule has 0 bridgehead atoms. The molecule has 1 fully saturated rings. The predicted molar refractivity (Wildman–Crippen MR) is 42.7 cm³/mol. The number of hydrogen-bond acceptors (Lipinski definition) is 1. The molecule has 3 heteroatoms. The zero-order valence-corrected chi connectivity index (χ0v) is 8.20. The van der Waals surface area contributed by atoms with Crippen molar-refractivity contribution >= 4 is 0 Å². The molecule has 1 heterocycles. The zero-order valence-electron chi connectivity index (χ0n) is 7.44. The highest BCUT2D eigenvalue weighted by Gasteiger charge is 1.94. The summed E-state index contributed by atoms with van der Waals surface area (Å²) in [4.78, 5) is 0. The standard InChI is InChI=1S/C4H11N.C4H8O.ClH/c1-2-3-4-5;1-2-4-5-3-1;/h2-5H2,1H3;1-4H2;1H. The minimum atomic E-state index is 0. The van der Waals surface area contributed by atoms with Crippen LogP contribution in [0.15, 0.2) is 0 Å². The minimum absolute atomic E-state index is 0. The van der Waals surface area contributed by atoms with Crippen LogP contribution in [-0.4, -0.2) is 19.8 Å². The smallest absolute Gasteiger partial charge is 0.0739 e. The summed E-state index contributed by atoms with van der Waals surface area (Å²) in [5.74, 6) is 0. The average Bonchev–Trinajstić information content (AvgIpc) is 2.44. The second-order valence-corrected chi connectivity index (χ2v) is 2.53. The van der Waals surface area contributed by atoms with Gasteiger partial charge in [0.2, 0.25) is 0 Å². The lowest BCUT2D eigenvalue weighted by Gasteiger charge is -1.77. The topological polar surface area (TPSA) is 36.9 Å². The Labute approximate surface area is 75.9 Å². The molecular weight excluding hydrogens is 162 g/mol. The Morgan fingerprint density at radius 2 is 1.82 bits per heavy atom. The Morgan fingerprint density at radius 3 is 1.91 bits per heavy atom. The second-order valence-electron chi connectivity index (χ2n) is 2.53. The molecule has 1 aliphatic heterocycles. The van der Waals surface area contributed by atoms with Gasteiger partial charge in [-0.3, -0.25) is 0 Å². The normalized spacial score (nSPS) is 14.7. The Bertz CT molecular complexity index is 48.4.